The number of nitro groups is 1. The summed E-state index contributed by atoms with van der Waals surface area (Å²) in [6.07, 6.45) is 3.32. The van der Waals surface area contributed by atoms with Crippen LogP contribution in [0.2, 0.25) is 5.15 Å². The van der Waals surface area contributed by atoms with Gasteiger partial charge in [-0.1, -0.05) is 11.6 Å². The van der Waals surface area contributed by atoms with E-state index in [1.54, 1.807) is 6.26 Å². The number of rotatable bonds is 6. The Labute approximate surface area is 117 Å². The lowest BCUT2D eigenvalue weighted by Gasteiger charge is -2.05. The molecule has 0 radical (unpaired) electrons. The lowest BCUT2D eigenvalue weighted by atomic mass is 10.2. The van der Waals surface area contributed by atoms with Crippen LogP contribution >= 0.6 is 11.6 Å². The molecule has 0 saturated heterocycles. The molecule has 1 unspecified atom stereocenters. The molecule has 104 valence electrons. The molecular weight excluding hydrogens is 294 g/mol. The number of hydrogen-bond acceptors (Lipinski definition) is 5. The minimum Gasteiger partial charge on any atom is -0.352 e. The van der Waals surface area contributed by atoms with Gasteiger partial charge in [-0.2, -0.15) is 0 Å². The maximum absolute atomic E-state index is 11.8. The van der Waals surface area contributed by atoms with E-state index in [9.17, 15) is 19.1 Å². The quantitative estimate of drug-likeness (QED) is 0.367. The normalized spacial score (nSPS) is 11.9. The molecule has 1 amide bonds. The summed E-state index contributed by atoms with van der Waals surface area (Å²) in [7, 11) is -0.931. The van der Waals surface area contributed by atoms with Gasteiger partial charge in [-0.05, 0) is 12.5 Å². The number of carbonyl (C=O) groups is 1. The zero-order valence-corrected chi connectivity index (χ0v) is 11.7. The second-order valence-electron chi connectivity index (χ2n) is 3.64. The first-order chi connectivity index (χ1) is 8.93. The van der Waals surface area contributed by atoms with E-state index in [1.807, 2.05) is 0 Å². The number of pyridine rings is 1. The smallest absolute Gasteiger partial charge is 0.319 e. The topological polar surface area (TPSA) is 102 Å². The van der Waals surface area contributed by atoms with Crippen LogP contribution in [0.25, 0.3) is 0 Å². The number of nitrogens with one attached hydrogen (secondary N) is 1. The molecule has 9 heteroatoms. The first kappa shape index (κ1) is 15.5. The van der Waals surface area contributed by atoms with Gasteiger partial charge >= 0.3 is 5.69 Å². The van der Waals surface area contributed by atoms with Crippen LogP contribution < -0.4 is 5.32 Å². The first-order valence-corrected chi connectivity index (χ1v) is 7.41. The van der Waals surface area contributed by atoms with Gasteiger partial charge in [0.2, 0.25) is 5.15 Å². The first-order valence-electron chi connectivity index (χ1n) is 5.30. The number of amides is 1. The van der Waals surface area contributed by atoms with Crippen molar-refractivity contribution in [2.24, 2.45) is 0 Å². The molecule has 0 aliphatic carbocycles. The van der Waals surface area contributed by atoms with E-state index in [0.29, 0.717) is 12.2 Å². The highest BCUT2D eigenvalue weighted by atomic mass is 35.5. The van der Waals surface area contributed by atoms with Gasteiger partial charge in [0.25, 0.3) is 5.91 Å². The van der Waals surface area contributed by atoms with Crippen molar-refractivity contribution in [3.63, 3.8) is 0 Å². The molecule has 19 heavy (non-hydrogen) atoms. The van der Waals surface area contributed by atoms with E-state index in [0.717, 1.165) is 0 Å². The molecule has 0 fully saturated rings. The van der Waals surface area contributed by atoms with Crippen LogP contribution in [0.4, 0.5) is 5.69 Å². The van der Waals surface area contributed by atoms with Crippen molar-refractivity contribution in [2.45, 2.75) is 6.42 Å². The van der Waals surface area contributed by atoms with Crippen LogP contribution in [0.15, 0.2) is 12.3 Å². The number of hydrogen-bond donors (Lipinski definition) is 1. The second-order valence-corrected chi connectivity index (χ2v) is 5.55. The minimum atomic E-state index is -0.931. The summed E-state index contributed by atoms with van der Waals surface area (Å²) < 4.78 is 10.8. The molecule has 1 aromatic heterocycles. The predicted octanol–water partition coefficient (Wildman–Crippen LogP) is 1.14. The van der Waals surface area contributed by atoms with Crippen LogP contribution in [0, 0.1) is 10.1 Å². The Kier molecular flexibility index (Phi) is 5.84. The highest BCUT2D eigenvalue weighted by Crippen LogP contribution is 2.25. The van der Waals surface area contributed by atoms with E-state index < -0.39 is 27.3 Å². The zero-order valence-electron chi connectivity index (χ0n) is 10.1. The monoisotopic (exact) mass is 305 g/mol. The Bertz CT molecular complexity index is 523. The molecule has 0 aliphatic heterocycles. The Morgan fingerprint density at radius 1 is 1.63 bits per heavy atom. The van der Waals surface area contributed by atoms with Gasteiger partial charge in [-0.25, -0.2) is 4.98 Å². The fourth-order valence-electron chi connectivity index (χ4n) is 1.36. The Hall–Kier alpha value is -1.54. The molecule has 1 rings (SSSR count). The fourth-order valence-corrected chi connectivity index (χ4v) is 2.14. The van der Waals surface area contributed by atoms with Crippen molar-refractivity contribution >= 4 is 34.0 Å². The summed E-state index contributed by atoms with van der Waals surface area (Å²) in [5.41, 5.74) is -0.650. The van der Waals surface area contributed by atoms with Crippen molar-refractivity contribution in [1.29, 1.82) is 0 Å². The van der Waals surface area contributed by atoms with Crippen LogP contribution in [-0.2, 0) is 10.8 Å². The van der Waals surface area contributed by atoms with Gasteiger partial charge in [-0.15, -0.1) is 0 Å². The Balaban J connectivity index is 2.74. The van der Waals surface area contributed by atoms with E-state index in [4.69, 9.17) is 11.6 Å². The summed E-state index contributed by atoms with van der Waals surface area (Å²) in [6.45, 7) is 0.287. The third-order valence-electron chi connectivity index (χ3n) is 2.20. The van der Waals surface area contributed by atoms with E-state index >= 15 is 0 Å². The fraction of sp³-hybridized carbons (Fsp3) is 0.400. The van der Waals surface area contributed by atoms with Crippen molar-refractivity contribution in [1.82, 2.24) is 10.3 Å². The molecule has 0 aliphatic rings. The van der Waals surface area contributed by atoms with Crippen molar-refractivity contribution in [2.75, 3.05) is 18.6 Å². The molecule has 1 N–H and O–H groups in total. The molecule has 1 aromatic rings. The van der Waals surface area contributed by atoms with Crippen LogP contribution in [0.3, 0.4) is 0 Å². The molecular formula is C10H12ClN3O4S. The van der Waals surface area contributed by atoms with Gasteiger partial charge in [0.1, 0.15) is 5.56 Å². The highest BCUT2D eigenvalue weighted by molar-refractivity contribution is 7.84. The van der Waals surface area contributed by atoms with Crippen molar-refractivity contribution in [3.8, 4) is 0 Å². The lowest BCUT2D eigenvalue weighted by Crippen LogP contribution is -2.26. The number of carbonyl (C=O) groups excluding carboxylic acids is 1. The number of nitrogens with zero attached hydrogens (tertiary/aromatic N) is 2. The number of aromatic nitrogens is 1. The van der Waals surface area contributed by atoms with Crippen LogP contribution in [0.1, 0.15) is 16.8 Å². The maximum Gasteiger partial charge on any atom is 0.319 e. The summed E-state index contributed by atoms with van der Waals surface area (Å²) in [6, 6.07) is 1.23. The van der Waals surface area contributed by atoms with E-state index in [-0.39, 0.29) is 17.3 Å². The summed E-state index contributed by atoms with van der Waals surface area (Å²) in [5.74, 6) is -0.141. The maximum atomic E-state index is 11.8. The van der Waals surface area contributed by atoms with E-state index in [1.165, 1.54) is 12.3 Å². The van der Waals surface area contributed by atoms with Gasteiger partial charge in [-0.3, -0.25) is 19.1 Å². The summed E-state index contributed by atoms with van der Waals surface area (Å²) >= 11 is 5.60. The lowest BCUT2D eigenvalue weighted by molar-refractivity contribution is -0.385. The molecule has 0 saturated carbocycles. The van der Waals surface area contributed by atoms with Gasteiger partial charge < -0.3 is 5.32 Å². The number of halogens is 1. The third-order valence-corrected chi connectivity index (χ3v) is 3.34. The second kappa shape index (κ2) is 7.15. The van der Waals surface area contributed by atoms with Gasteiger partial charge in [0, 0.05) is 35.5 Å². The SMILES string of the molecule is CS(=O)CCCNC(=O)c1ccnc(Cl)c1[N+](=O)[O-]. The average Bonchev–Trinajstić information content (AvgIpc) is 2.33. The Morgan fingerprint density at radius 3 is 2.89 bits per heavy atom. The zero-order chi connectivity index (χ0) is 14.4. The molecule has 1 heterocycles. The largest absolute Gasteiger partial charge is 0.352 e. The van der Waals surface area contributed by atoms with Crippen molar-refractivity contribution < 1.29 is 13.9 Å². The molecule has 0 bridgehead atoms. The Morgan fingerprint density at radius 2 is 2.32 bits per heavy atom. The van der Waals surface area contributed by atoms with Crippen LogP contribution in [0.5, 0.6) is 0 Å². The van der Waals surface area contributed by atoms with Crippen molar-refractivity contribution in [3.05, 3.63) is 33.1 Å². The minimum absolute atomic E-state index is 0.136. The van der Waals surface area contributed by atoms with E-state index in [2.05, 4.69) is 10.3 Å². The molecule has 0 aromatic carbocycles. The predicted molar refractivity (Wildman–Crippen MR) is 71.8 cm³/mol. The molecule has 1 atom stereocenters. The molecule has 0 spiro atoms. The highest BCUT2D eigenvalue weighted by Gasteiger charge is 2.24. The average molecular weight is 306 g/mol. The standard InChI is InChI=1S/C10H12ClN3O4S/c1-19(18)6-2-4-13-10(15)7-3-5-12-9(11)8(7)14(16)17/h3,5H,2,4,6H2,1H3,(H,13,15). The third kappa shape index (κ3) is 4.56. The summed E-state index contributed by atoms with van der Waals surface area (Å²) in [5, 5.41) is 13.0. The van der Waals surface area contributed by atoms with Gasteiger partial charge in [0.05, 0.1) is 4.92 Å². The van der Waals surface area contributed by atoms with Crippen LogP contribution in [-0.4, -0.2) is 38.6 Å². The molecule has 7 nitrogen and oxygen atoms in total. The summed E-state index contributed by atoms with van der Waals surface area (Å²) in [4.78, 5) is 25.4. The van der Waals surface area contributed by atoms with Gasteiger partial charge in [0.15, 0.2) is 0 Å².